The summed E-state index contributed by atoms with van der Waals surface area (Å²) in [7, 11) is 0. The van der Waals surface area contributed by atoms with E-state index in [0.29, 0.717) is 24.9 Å². The molecule has 0 heterocycles. The summed E-state index contributed by atoms with van der Waals surface area (Å²) < 4.78 is 11.1. The summed E-state index contributed by atoms with van der Waals surface area (Å²) in [6.07, 6.45) is 4.55. The van der Waals surface area contributed by atoms with Gasteiger partial charge in [-0.15, -0.1) is 0 Å². The summed E-state index contributed by atoms with van der Waals surface area (Å²) in [5, 5.41) is 13.4. The quantitative estimate of drug-likeness (QED) is 0.767. The maximum absolute atomic E-state index is 9.96. The van der Waals surface area contributed by atoms with Gasteiger partial charge in [0.25, 0.3) is 0 Å². The smallest absolute Gasteiger partial charge is 0.161 e. The second-order valence-corrected chi connectivity index (χ2v) is 5.23. The van der Waals surface area contributed by atoms with Crippen LogP contribution in [0.3, 0.4) is 0 Å². The third-order valence-electron chi connectivity index (χ3n) is 3.58. The molecule has 112 valence electrons. The zero-order chi connectivity index (χ0) is 14.2. The van der Waals surface area contributed by atoms with Gasteiger partial charge in [0.1, 0.15) is 12.7 Å². The van der Waals surface area contributed by atoms with Crippen LogP contribution in [-0.2, 0) is 0 Å². The molecule has 0 aromatic heterocycles. The van der Waals surface area contributed by atoms with Crippen molar-refractivity contribution in [3.63, 3.8) is 0 Å². The van der Waals surface area contributed by atoms with Crippen molar-refractivity contribution in [2.45, 2.75) is 44.8 Å². The molecule has 1 fully saturated rings. The maximum atomic E-state index is 9.96. The lowest BCUT2D eigenvalue weighted by Crippen LogP contribution is -2.36. The first-order valence-electron chi connectivity index (χ1n) is 7.55. The highest BCUT2D eigenvalue weighted by Gasteiger charge is 2.16. The highest BCUT2D eigenvalue weighted by Crippen LogP contribution is 2.26. The molecule has 0 radical (unpaired) electrons. The Balaban J connectivity index is 1.73. The number of hydrogen-bond acceptors (Lipinski definition) is 4. The van der Waals surface area contributed by atoms with Gasteiger partial charge in [-0.25, -0.2) is 0 Å². The van der Waals surface area contributed by atoms with Crippen molar-refractivity contribution in [3.8, 4) is 11.5 Å². The van der Waals surface area contributed by atoms with E-state index in [2.05, 4.69) is 5.32 Å². The Hall–Kier alpha value is -1.26. The number of aliphatic hydroxyl groups is 1. The van der Waals surface area contributed by atoms with Crippen molar-refractivity contribution in [1.82, 2.24) is 5.32 Å². The molecular weight excluding hydrogens is 254 g/mol. The number of nitrogens with one attached hydrogen (secondary N) is 1. The topological polar surface area (TPSA) is 50.7 Å². The second kappa shape index (κ2) is 8.12. The molecule has 1 aromatic carbocycles. The average Bonchev–Trinajstić information content (AvgIpc) is 2.98. The Morgan fingerprint density at radius 1 is 1.20 bits per heavy atom. The van der Waals surface area contributed by atoms with E-state index < -0.39 is 6.10 Å². The highest BCUT2D eigenvalue weighted by molar-refractivity contribution is 5.39. The molecule has 1 aliphatic carbocycles. The molecule has 4 heteroatoms. The number of para-hydroxylation sites is 2. The molecule has 2 N–H and O–H groups in total. The third kappa shape index (κ3) is 4.69. The van der Waals surface area contributed by atoms with Gasteiger partial charge in [-0.1, -0.05) is 25.0 Å². The van der Waals surface area contributed by atoms with Gasteiger partial charge in [0, 0.05) is 12.6 Å². The largest absolute Gasteiger partial charge is 0.490 e. The summed E-state index contributed by atoms with van der Waals surface area (Å²) in [5.41, 5.74) is 0. The molecule has 0 aliphatic heterocycles. The lowest BCUT2D eigenvalue weighted by Gasteiger charge is -2.17. The Kier molecular flexibility index (Phi) is 6.15. The number of ether oxygens (including phenoxy) is 2. The van der Waals surface area contributed by atoms with E-state index in [1.807, 2.05) is 31.2 Å². The molecule has 2 rings (SSSR count). The SMILES string of the molecule is CCOc1ccccc1OC[C@H](O)CNC1CCCC1. The fourth-order valence-electron chi connectivity index (χ4n) is 2.52. The van der Waals surface area contributed by atoms with Crippen LogP contribution in [0.5, 0.6) is 11.5 Å². The van der Waals surface area contributed by atoms with Crippen LogP contribution in [-0.4, -0.2) is 37.0 Å². The summed E-state index contributed by atoms with van der Waals surface area (Å²) >= 11 is 0. The first kappa shape index (κ1) is 15.1. The van der Waals surface area contributed by atoms with Crippen LogP contribution in [0.25, 0.3) is 0 Å². The molecule has 1 aliphatic rings. The van der Waals surface area contributed by atoms with Crippen molar-refractivity contribution in [2.24, 2.45) is 0 Å². The van der Waals surface area contributed by atoms with Crippen molar-refractivity contribution in [1.29, 1.82) is 0 Å². The lowest BCUT2D eigenvalue weighted by atomic mass is 10.2. The summed E-state index contributed by atoms with van der Waals surface area (Å²) in [5.74, 6) is 1.42. The molecule has 0 spiro atoms. The van der Waals surface area contributed by atoms with Crippen LogP contribution in [0.1, 0.15) is 32.6 Å². The number of rotatable bonds is 8. The van der Waals surface area contributed by atoms with Crippen LogP contribution in [0.15, 0.2) is 24.3 Å². The summed E-state index contributed by atoms with van der Waals surface area (Å²) in [6.45, 7) is 3.41. The molecule has 0 saturated heterocycles. The van der Waals surface area contributed by atoms with E-state index in [-0.39, 0.29) is 6.61 Å². The van der Waals surface area contributed by atoms with Gasteiger partial charge in [-0.2, -0.15) is 0 Å². The van der Waals surface area contributed by atoms with Crippen LogP contribution < -0.4 is 14.8 Å². The molecule has 4 nitrogen and oxygen atoms in total. The van der Waals surface area contributed by atoms with E-state index >= 15 is 0 Å². The van der Waals surface area contributed by atoms with E-state index in [1.54, 1.807) is 0 Å². The number of aliphatic hydroxyl groups excluding tert-OH is 1. The zero-order valence-electron chi connectivity index (χ0n) is 12.2. The molecule has 1 aromatic rings. The summed E-state index contributed by atoms with van der Waals surface area (Å²) in [4.78, 5) is 0. The van der Waals surface area contributed by atoms with Gasteiger partial charge in [0.2, 0.25) is 0 Å². The van der Waals surface area contributed by atoms with Gasteiger partial charge in [-0.3, -0.25) is 0 Å². The van der Waals surface area contributed by atoms with E-state index in [1.165, 1.54) is 25.7 Å². The Bertz CT molecular complexity index is 391. The second-order valence-electron chi connectivity index (χ2n) is 5.23. The first-order valence-corrected chi connectivity index (χ1v) is 7.55. The minimum atomic E-state index is -0.495. The van der Waals surface area contributed by atoms with Gasteiger partial charge < -0.3 is 19.9 Å². The molecule has 0 unspecified atom stereocenters. The van der Waals surface area contributed by atoms with Gasteiger partial charge >= 0.3 is 0 Å². The highest BCUT2D eigenvalue weighted by atomic mass is 16.5. The molecule has 1 atom stereocenters. The van der Waals surface area contributed by atoms with Crippen LogP contribution >= 0.6 is 0 Å². The predicted octanol–water partition coefficient (Wildman–Crippen LogP) is 2.36. The van der Waals surface area contributed by atoms with Gasteiger partial charge in [0.15, 0.2) is 11.5 Å². The Labute approximate surface area is 121 Å². The van der Waals surface area contributed by atoms with Crippen molar-refractivity contribution in [3.05, 3.63) is 24.3 Å². The average molecular weight is 279 g/mol. The Morgan fingerprint density at radius 3 is 2.50 bits per heavy atom. The normalized spacial score (nSPS) is 17.1. The van der Waals surface area contributed by atoms with Crippen LogP contribution in [0, 0.1) is 0 Å². The fourth-order valence-corrected chi connectivity index (χ4v) is 2.52. The Morgan fingerprint density at radius 2 is 1.85 bits per heavy atom. The van der Waals surface area contributed by atoms with Gasteiger partial charge in [0.05, 0.1) is 6.61 Å². The zero-order valence-corrected chi connectivity index (χ0v) is 12.2. The van der Waals surface area contributed by atoms with E-state index in [0.717, 1.165) is 5.75 Å². The number of hydrogen-bond donors (Lipinski definition) is 2. The molecule has 0 bridgehead atoms. The minimum Gasteiger partial charge on any atom is -0.490 e. The van der Waals surface area contributed by atoms with Crippen molar-refractivity contribution < 1.29 is 14.6 Å². The third-order valence-corrected chi connectivity index (χ3v) is 3.58. The molecule has 1 saturated carbocycles. The monoisotopic (exact) mass is 279 g/mol. The fraction of sp³-hybridized carbons (Fsp3) is 0.625. The lowest BCUT2D eigenvalue weighted by molar-refractivity contribution is 0.101. The van der Waals surface area contributed by atoms with E-state index in [9.17, 15) is 5.11 Å². The van der Waals surface area contributed by atoms with Gasteiger partial charge in [-0.05, 0) is 31.9 Å². The minimum absolute atomic E-state index is 0.282. The maximum Gasteiger partial charge on any atom is 0.161 e. The molecule has 20 heavy (non-hydrogen) atoms. The van der Waals surface area contributed by atoms with E-state index in [4.69, 9.17) is 9.47 Å². The van der Waals surface area contributed by atoms with Crippen molar-refractivity contribution in [2.75, 3.05) is 19.8 Å². The molecule has 0 amide bonds. The predicted molar refractivity (Wildman–Crippen MR) is 79.4 cm³/mol. The van der Waals surface area contributed by atoms with Crippen molar-refractivity contribution >= 4 is 0 Å². The summed E-state index contributed by atoms with van der Waals surface area (Å²) in [6, 6.07) is 8.13. The number of benzene rings is 1. The first-order chi connectivity index (χ1) is 9.79. The molecular formula is C16H25NO3. The standard InChI is InChI=1S/C16H25NO3/c1-2-19-15-9-5-6-10-16(15)20-12-14(18)11-17-13-7-3-4-8-13/h5-6,9-10,13-14,17-18H,2-4,7-8,11-12H2,1H3/t14-/m1/s1. The van der Waals surface area contributed by atoms with Crippen LogP contribution in [0.2, 0.25) is 0 Å². The van der Waals surface area contributed by atoms with Crippen LogP contribution in [0.4, 0.5) is 0 Å².